The van der Waals surface area contributed by atoms with Crippen molar-refractivity contribution in [3.05, 3.63) is 35.6 Å². The summed E-state index contributed by atoms with van der Waals surface area (Å²) < 4.78 is 12.9. The predicted octanol–water partition coefficient (Wildman–Crippen LogP) is 1.80. The summed E-state index contributed by atoms with van der Waals surface area (Å²) in [7, 11) is 0. The van der Waals surface area contributed by atoms with E-state index in [0.29, 0.717) is 6.17 Å². The number of rotatable bonds is 3. The molecular weight excluding hydrogens is 179 g/mol. The zero-order valence-electron chi connectivity index (χ0n) is 8.26. The van der Waals surface area contributed by atoms with E-state index in [1.54, 1.807) is 12.1 Å². The summed E-state index contributed by atoms with van der Waals surface area (Å²) in [5.74, 6) is -0.169. The van der Waals surface area contributed by atoms with Crippen molar-refractivity contribution in [2.75, 3.05) is 6.54 Å². The highest BCUT2D eigenvalue weighted by Crippen LogP contribution is 2.15. The second kappa shape index (κ2) is 4.07. The maximum Gasteiger partial charge on any atom is 0.123 e. The molecule has 0 aliphatic carbocycles. The van der Waals surface area contributed by atoms with E-state index in [9.17, 15) is 4.39 Å². The lowest BCUT2D eigenvalue weighted by Gasteiger charge is -2.31. The van der Waals surface area contributed by atoms with Gasteiger partial charge in [-0.2, -0.15) is 0 Å². The van der Waals surface area contributed by atoms with Crippen LogP contribution in [0.15, 0.2) is 24.3 Å². The lowest BCUT2D eigenvalue weighted by molar-refractivity contribution is 0.285. The molecule has 3 heteroatoms. The fourth-order valence-corrected chi connectivity index (χ4v) is 1.60. The largest absolute Gasteiger partial charge is 0.302 e. The van der Waals surface area contributed by atoms with Crippen LogP contribution in [0, 0.1) is 5.82 Å². The summed E-state index contributed by atoms with van der Waals surface area (Å²) in [6.45, 7) is 3.13. The highest BCUT2D eigenvalue weighted by Gasteiger charge is 2.18. The topological polar surface area (TPSA) is 24.1 Å². The minimum Gasteiger partial charge on any atom is -0.302 e. The third-order valence-electron chi connectivity index (χ3n) is 2.62. The zero-order chi connectivity index (χ0) is 9.97. The van der Waals surface area contributed by atoms with Gasteiger partial charge in [-0.3, -0.25) is 5.32 Å². The lowest BCUT2D eigenvalue weighted by Crippen LogP contribution is -2.53. The molecule has 1 aliphatic rings. The Morgan fingerprint density at radius 1 is 1.57 bits per heavy atom. The molecule has 2 nitrogen and oxygen atoms in total. The van der Waals surface area contributed by atoms with Gasteiger partial charge in [0.25, 0.3) is 0 Å². The van der Waals surface area contributed by atoms with Gasteiger partial charge in [-0.25, -0.2) is 4.39 Å². The first kappa shape index (κ1) is 9.62. The van der Waals surface area contributed by atoms with Crippen LogP contribution in [0.1, 0.15) is 24.9 Å². The van der Waals surface area contributed by atoms with Crippen LogP contribution >= 0.6 is 0 Å². The molecule has 1 fully saturated rings. The maximum absolute atomic E-state index is 12.9. The van der Waals surface area contributed by atoms with Crippen molar-refractivity contribution in [3.63, 3.8) is 0 Å². The van der Waals surface area contributed by atoms with Crippen LogP contribution in [0.3, 0.4) is 0 Å². The number of halogens is 1. The normalized spacial score (nSPS) is 22.9. The highest BCUT2D eigenvalue weighted by atomic mass is 19.1. The molecule has 1 aliphatic heterocycles. The molecule has 1 aromatic rings. The third kappa shape index (κ3) is 2.11. The zero-order valence-corrected chi connectivity index (χ0v) is 8.26. The minimum absolute atomic E-state index is 0.169. The minimum atomic E-state index is -0.169. The summed E-state index contributed by atoms with van der Waals surface area (Å²) in [6.07, 6.45) is 1.55. The molecule has 2 atom stereocenters. The molecule has 0 bridgehead atoms. The molecule has 0 aromatic heterocycles. The SMILES string of the molecule is C[C@H](NC1CCN1)c1cccc(F)c1. The van der Waals surface area contributed by atoms with Gasteiger partial charge < -0.3 is 5.32 Å². The second-order valence-corrected chi connectivity index (χ2v) is 3.74. The Balaban J connectivity index is 1.98. The molecule has 0 amide bonds. The Labute approximate surface area is 83.5 Å². The van der Waals surface area contributed by atoms with Gasteiger partial charge >= 0.3 is 0 Å². The van der Waals surface area contributed by atoms with E-state index < -0.39 is 0 Å². The van der Waals surface area contributed by atoms with Crippen molar-refractivity contribution in [3.8, 4) is 0 Å². The van der Waals surface area contributed by atoms with Crippen LogP contribution in [0.5, 0.6) is 0 Å². The van der Waals surface area contributed by atoms with E-state index >= 15 is 0 Å². The van der Waals surface area contributed by atoms with Crippen molar-refractivity contribution in [1.29, 1.82) is 0 Å². The average Bonchev–Trinajstić information content (AvgIpc) is 2.11. The summed E-state index contributed by atoms with van der Waals surface area (Å²) >= 11 is 0. The molecule has 0 spiro atoms. The van der Waals surface area contributed by atoms with E-state index in [1.807, 2.05) is 6.07 Å². The summed E-state index contributed by atoms with van der Waals surface area (Å²) in [6, 6.07) is 6.94. The van der Waals surface area contributed by atoms with Gasteiger partial charge in [0.2, 0.25) is 0 Å². The van der Waals surface area contributed by atoms with Crippen LogP contribution < -0.4 is 10.6 Å². The predicted molar refractivity (Wildman–Crippen MR) is 54.4 cm³/mol. The number of hydrogen-bond acceptors (Lipinski definition) is 2. The Morgan fingerprint density at radius 2 is 2.36 bits per heavy atom. The second-order valence-electron chi connectivity index (χ2n) is 3.74. The van der Waals surface area contributed by atoms with Crippen LogP contribution in [-0.4, -0.2) is 12.7 Å². The highest BCUT2D eigenvalue weighted by molar-refractivity contribution is 5.19. The van der Waals surface area contributed by atoms with Crippen LogP contribution in [0.2, 0.25) is 0 Å². The quantitative estimate of drug-likeness (QED) is 0.766. The fraction of sp³-hybridized carbons (Fsp3) is 0.455. The first-order chi connectivity index (χ1) is 6.75. The van der Waals surface area contributed by atoms with Gasteiger partial charge in [0.15, 0.2) is 0 Å². The number of hydrogen-bond donors (Lipinski definition) is 2. The van der Waals surface area contributed by atoms with Gasteiger partial charge in [0.05, 0.1) is 6.17 Å². The standard InChI is InChI=1S/C11H15FN2/c1-8(14-11-5-6-13-11)9-3-2-4-10(12)7-9/h2-4,7-8,11,13-14H,5-6H2,1H3/t8-,11?/m0/s1. The maximum atomic E-state index is 12.9. The summed E-state index contributed by atoms with van der Waals surface area (Å²) in [4.78, 5) is 0. The fourth-order valence-electron chi connectivity index (χ4n) is 1.60. The van der Waals surface area contributed by atoms with E-state index in [0.717, 1.165) is 18.5 Å². The van der Waals surface area contributed by atoms with E-state index in [1.165, 1.54) is 6.07 Å². The Hall–Kier alpha value is -0.930. The van der Waals surface area contributed by atoms with E-state index in [4.69, 9.17) is 0 Å². The van der Waals surface area contributed by atoms with Crippen LogP contribution in [0.4, 0.5) is 4.39 Å². The van der Waals surface area contributed by atoms with E-state index in [2.05, 4.69) is 17.6 Å². The van der Waals surface area contributed by atoms with Crippen molar-refractivity contribution in [2.45, 2.75) is 25.6 Å². The average molecular weight is 194 g/mol. The Morgan fingerprint density at radius 3 is 2.93 bits per heavy atom. The molecular formula is C11H15FN2. The summed E-state index contributed by atoms with van der Waals surface area (Å²) in [5, 5.41) is 6.64. The third-order valence-corrected chi connectivity index (χ3v) is 2.62. The molecule has 1 unspecified atom stereocenters. The van der Waals surface area contributed by atoms with Crippen molar-refractivity contribution in [1.82, 2.24) is 10.6 Å². The smallest absolute Gasteiger partial charge is 0.123 e. The van der Waals surface area contributed by atoms with Crippen molar-refractivity contribution < 1.29 is 4.39 Å². The van der Waals surface area contributed by atoms with Gasteiger partial charge in [0, 0.05) is 6.04 Å². The molecule has 0 saturated carbocycles. The number of nitrogens with one attached hydrogen (secondary N) is 2. The van der Waals surface area contributed by atoms with Crippen LogP contribution in [-0.2, 0) is 0 Å². The van der Waals surface area contributed by atoms with Crippen molar-refractivity contribution >= 4 is 0 Å². The van der Waals surface area contributed by atoms with Gasteiger partial charge in [-0.05, 0) is 37.6 Å². The molecule has 1 heterocycles. The molecule has 1 saturated heterocycles. The van der Waals surface area contributed by atoms with Gasteiger partial charge in [-0.15, -0.1) is 0 Å². The molecule has 1 aromatic carbocycles. The molecule has 2 rings (SSSR count). The lowest BCUT2D eigenvalue weighted by atomic mass is 10.1. The molecule has 0 radical (unpaired) electrons. The first-order valence-electron chi connectivity index (χ1n) is 5.00. The molecule has 14 heavy (non-hydrogen) atoms. The van der Waals surface area contributed by atoms with E-state index in [-0.39, 0.29) is 11.9 Å². The molecule has 76 valence electrons. The Kier molecular flexibility index (Phi) is 2.79. The molecule has 2 N–H and O–H groups in total. The van der Waals surface area contributed by atoms with Gasteiger partial charge in [0.1, 0.15) is 5.82 Å². The number of benzene rings is 1. The van der Waals surface area contributed by atoms with Gasteiger partial charge in [-0.1, -0.05) is 12.1 Å². The first-order valence-corrected chi connectivity index (χ1v) is 5.00. The van der Waals surface area contributed by atoms with Crippen molar-refractivity contribution in [2.24, 2.45) is 0 Å². The summed E-state index contributed by atoms with van der Waals surface area (Å²) in [5.41, 5.74) is 0.999. The van der Waals surface area contributed by atoms with Crippen LogP contribution in [0.25, 0.3) is 0 Å². The Bertz CT molecular complexity index is 310. The monoisotopic (exact) mass is 194 g/mol.